The van der Waals surface area contributed by atoms with Crippen molar-refractivity contribution in [3.63, 3.8) is 0 Å². The summed E-state index contributed by atoms with van der Waals surface area (Å²) in [7, 11) is 1.55. The maximum Gasteiger partial charge on any atom is 0.254 e. The maximum absolute atomic E-state index is 13.9. The average Bonchev–Trinajstić information content (AvgIpc) is 3.24. The van der Waals surface area contributed by atoms with E-state index in [1.807, 2.05) is 37.3 Å². The second-order valence-electron chi connectivity index (χ2n) is 8.12. The van der Waals surface area contributed by atoms with Crippen LogP contribution < -0.4 is 4.74 Å². The zero-order valence-electron chi connectivity index (χ0n) is 20.2. The molecule has 0 bridgehead atoms. The van der Waals surface area contributed by atoms with Gasteiger partial charge >= 0.3 is 0 Å². The molecule has 6 nitrogen and oxygen atoms in total. The molecule has 0 aliphatic heterocycles. The number of methoxy groups -OCH3 is 1. The topological polar surface area (TPSA) is 56.6 Å². The molecule has 186 valence electrons. The van der Waals surface area contributed by atoms with E-state index in [4.69, 9.17) is 14.6 Å². The van der Waals surface area contributed by atoms with Crippen LogP contribution in [0.3, 0.4) is 0 Å². The molecule has 1 heterocycles. The Hall–Kier alpha value is -4.04. The summed E-state index contributed by atoms with van der Waals surface area (Å²) in [5.74, 6) is -0.357. The van der Waals surface area contributed by atoms with Crippen LogP contribution in [0.25, 0.3) is 5.69 Å². The van der Waals surface area contributed by atoms with Crippen LogP contribution >= 0.6 is 0 Å². The number of ether oxygens (including phenoxy) is 2. The first-order valence-corrected chi connectivity index (χ1v) is 11.6. The Labute approximate surface area is 208 Å². The van der Waals surface area contributed by atoms with Crippen LogP contribution in [0.5, 0.6) is 11.6 Å². The van der Waals surface area contributed by atoms with Crippen molar-refractivity contribution in [2.75, 3.05) is 20.3 Å². The van der Waals surface area contributed by atoms with Crippen LogP contribution in [0.1, 0.15) is 28.5 Å². The van der Waals surface area contributed by atoms with Crippen molar-refractivity contribution in [2.45, 2.75) is 19.9 Å². The highest BCUT2D eigenvalue weighted by molar-refractivity contribution is 5.94. The van der Waals surface area contributed by atoms with Gasteiger partial charge in [-0.25, -0.2) is 13.5 Å². The quantitative estimate of drug-likeness (QED) is 0.282. The molecule has 0 atom stereocenters. The zero-order chi connectivity index (χ0) is 25.5. The van der Waals surface area contributed by atoms with Crippen molar-refractivity contribution < 1.29 is 23.0 Å². The fourth-order valence-electron chi connectivity index (χ4n) is 3.83. The second-order valence-corrected chi connectivity index (χ2v) is 8.12. The largest absolute Gasteiger partial charge is 0.439 e. The van der Waals surface area contributed by atoms with E-state index >= 15 is 0 Å². The molecular formula is C28H27F2N3O3. The average molecular weight is 492 g/mol. The third-order valence-electron chi connectivity index (χ3n) is 5.66. The Balaban J connectivity index is 1.78. The lowest BCUT2D eigenvalue weighted by Crippen LogP contribution is -2.33. The highest BCUT2D eigenvalue weighted by atomic mass is 19.1. The Kier molecular flexibility index (Phi) is 8.07. The number of aromatic nitrogens is 2. The van der Waals surface area contributed by atoms with E-state index in [0.717, 1.165) is 11.4 Å². The van der Waals surface area contributed by atoms with Gasteiger partial charge in [-0.3, -0.25) is 4.79 Å². The van der Waals surface area contributed by atoms with Crippen molar-refractivity contribution in [1.29, 1.82) is 0 Å². The number of rotatable bonds is 10. The fourth-order valence-corrected chi connectivity index (χ4v) is 3.83. The fraction of sp³-hybridized carbons (Fsp3) is 0.214. The summed E-state index contributed by atoms with van der Waals surface area (Å²) < 4.78 is 40.5. The number of nitrogens with zero attached hydrogens (tertiary/aromatic N) is 3. The Morgan fingerprint density at radius 1 is 0.972 bits per heavy atom. The van der Waals surface area contributed by atoms with Crippen molar-refractivity contribution in [3.05, 3.63) is 107 Å². The number of benzene rings is 3. The first kappa shape index (κ1) is 25.1. The lowest BCUT2D eigenvalue weighted by molar-refractivity contribution is 0.0678. The van der Waals surface area contributed by atoms with E-state index in [2.05, 4.69) is 0 Å². The number of carbonyl (C=O) groups is 1. The molecule has 3 aromatic carbocycles. The summed E-state index contributed by atoms with van der Waals surface area (Å²) in [6, 6.07) is 20.8. The van der Waals surface area contributed by atoms with Crippen LogP contribution in [0.15, 0.2) is 78.9 Å². The number of halogens is 2. The molecule has 0 unspecified atom stereocenters. The van der Waals surface area contributed by atoms with E-state index in [1.165, 1.54) is 42.5 Å². The maximum atomic E-state index is 13.9. The van der Waals surface area contributed by atoms with E-state index in [-0.39, 0.29) is 30.4 Å². The summed E-state index contributed by atoms with van der Waals surface area (Å²) in [6.45, 7) is 2.70. The van der Waals surface area contributed by atoms with E-state index in [9.17, 15) is 13.6 Å². The van der Waals surface area contributed by atoms with Crippen molar-refractivity contribution >= 4 is 5.91 Å². The zero-order valence-corrected chi connectivity index (χ0v) is 20.2. The number of aryl methyl sites for hydroxylation is 1. The minimum atomic E-state index is -0.487. The molecule has 0 aliphatic rings. The molecule has 0 saturated carbocycles. The molecule has 0 saturated heterocycles. The summed E-state index contributed by atoms with van der Waals surface area (Å²) in [5, 5.41) is 4.78. The van der Waals surface area contributed by atoms with Gasteiger partial charge in [-0.1, -0.05) is 31.2 Å². The monoisotopic (exact) mass is 491 g/mol. The van der Waals surface area contributed by atoms with Gasteiger partial charge in [0.05, 0.1) is 30.1 Å². The van der Waals surface area contributed by atoms with Crippen molar-refractivity contribution in [2.24, 2.45) is 0 Å². The standard InChI is InChI=1S/C28H27F2N3O3/c1-3-26-25(19-32(16-17-35-2)27(34)20-8-7-9-22(30)18-20)28(36-24-14-12-21(29)13-15-24)33(31-26)23-10-5-4-6-11-23/h4-15,18H,3,16-17,19H2,1-2H3. The normalized spacial score (nSPS) is 10.9. The summed E-state index contributed by atoms with van der Waals surface area (Å²) >= 11 is 0. The Bertz CT molecular complexity index is 1310. The number of carbonyl (C=O) groups excluding carboxylic acids is 1. The van der Waals surface area contributed by atoms with Gasteiger partial charge in [0, 0.05) is 19.2 Å². The van der Waals surface area contributed by atoms with Crippen LogP contribution in [-0.4, -0.2) is 40.8 Å². The molecule has 36 heavy (non-hydrogen) atoms. The third-order valence-corrected chi connectivity index (χ3v) is 5.66. The molecule has 4 rings (SSSR count). The molecule has 0 aliphatic carbocycles. The molecule has 1 aromatic heterocycles. The minimum Gasteiger partial charge on any atom is -0.439 e. The first-order valence-electron chi connectivity index (χ1n) is 11.6. The smallest absolute Gasteiger partial charge is 0.254 e. The van der Waals surface area contributed by atoms with Gasteiger partial charge in [0.25, 0.3) is 5.91 Å². The molecule has 8 heteroatoms. The van der Waals surface area contributed by atoms with Gasteiger partial charge in [-0.15, -0.1) is 0 Å². The second kappa shape index (κ2) is 11.6. The van der Waals surface area contributed by atoms with Gasteiger partial charge < -0.3 is 14.4 Å². The van der Waals surface area contributed by atoms with E-state index in [1.54, 1.807) is 22.8 Å². The van der Waals surface area contributed by atoms with Gasteiger partial charge in [-0.05, 0) is 61.0 Å². The van der Waals surface area contributed by atoms with Crippen molar-refractivity contribution in [1.82, 2.24) is 14.7 Å². The molecule has 1 amide bonds. The predicted molar refractivity (Wildman–Crippen MR) is 132 cm³/mol. The number of hydrogen-bond donors (Lipinski definition) is 0. The number of hydrogen-bond acceptors (Lipinski definition) is 4. The van der Waals surface area contributed by atoms with Gasteiger partial charge in [0.15, 0.2) is 0 Å². The van der Waals surface area contributed by atoms with E-state index < -0.39 is 5.82 Å². The number of para-hydroxylation sites is 1. The third kappa shape index (κ3) is 5.78. The van der Waals surface area contributed by atoms with Crippen LogP contribution in [-0.2, 0) is 17.7 Å². The number of amides is 1. The lowest BCUT2D eigenvalue weighted by atomic mass is 10.1. The summed E-state index contributed by atoms with van der Waals surface area (Å²) in [6.07, 6.45) is 0.585. The minimum absolute atomic E-state index is 0.158. The van der Waals surface area contributed by atoms with Gasteiger partial charge in [0.2, 0.25) is 5.88 Å². The van der Waals surface area contributed by atoms with Crippen LogP contribution in [0, 0.1) is 11.6 Å². The summed E-state index contributed by atoms with van der Waals surface area (Å²) in [4.78, 5) is 15.0. The Morgan fingerprint density at radius 2 is 1.72 bits per heavy atom. The van der Waals surface area contributed by atoms with Crippen LogP contribution in [0.2, 0.25) is 0 Å². The SMILES string of the molecule is CCc1nn(-c2ccccc2)c(Oc2ccc(F)cc2)c1CN(CCOC)C(=O)c1cccc(F)c1. The van der Waals surface area contributed by atoms with Crippen molar-refractivity contribution in [3.8, 4) is 17.3 Å². The molecule has 0 N–H and O–H groups in total. The predicted octanol–water partition coefficient (Wildman–Crippen LogP) is 5.79. The molecule has 0 spiro atoms. The Morgan fingerprint density at radius 3 is 2.39 bits per heavy atom. The molecule has 0 fully saturated rings. The summed E-state index contributed by atoms with van der Waals surface area (Å²) in [5.41, 5.74) is 2.45. The molecule has 4 aromatic rings. The van der Waals surface area contributed by atoms with Gasteiger partial charge in [0.1, 0.15) is 17.4 Å². The van der Waals surface area contributed by atoms with E-state index in [0.29, 0.717) is 30.2 Å². The van der Waals surface area contributed by atoms with Gasteiger partial charge in [-0.2, -0.15) is 5.10 Å². The lowest BCUT2D eigenvalue weighted by Gasteiger charge is -2.23. The first-order chi connectivity index (χ1) is 17.5. The van der Waals surface area contributed by atoms with Crippen LogP contribution in [0.4, 0.5) is 8.78 Å². The molecule has 0 radical (unpaired) electrons. The molecular weight excluding hydrogens is 464 g/mol. The highest BCUT2D eigenvalue weighted by Gasteiger charge is 2.25. The highest BCUT2D eigenvalue weighted by Crippen LogP contribution is 2.32.